The Morgan fingerprint density at radius 2 is 1.87 bits per heavy atom. The average Bonchev–Trinajstić information content (AvgIpc) is 2.18. The molecule has 0 saturated carbocycles. The van der Waals surface area contributed by atoms with Crippen molar-refractivity contribution in [2.45, 2.75) is 0 Å². The first-order valence-corrected chi connectivity index (χ1v) is 5.30. The molecule has 0 atom stereocenters. The second kappa shape index (κ2) is 5.75. The number of piperazine rings is 1. The van der Waals surface area contributed by atoms with E-state index in [4.69, 9.17) is 23.2 Å². The second-order valence-electron chi connectivity index (χ2n) is 3.20. The molecule has 84 valence electrons. The third-order valence-corrected chi connectivity index (χ3v) is 2.60. The van der Waals surface area contributed by atoms with Crippen molar-refractivity contribution in [2.24, 2.45) is 0 Å². The van der Waals surface area contributed by atoms with Crippen LogP contribution >= 0.6 is 35.6 Å². The highest BCUT2D eigenvalue weighted by Crippen LogP contribution is 2.21. The lowest BCUT2D eigenvalue weighted by atomic mass is 10.3. The summed E-state index contributed by atoms with van der Waals surface area (Å²) in [7, 11) is 0. The number of pyridine rings is 1. The molecular weight excluding hydrogens is 256 g/mol. The Morgan fingerprint density at radius 1 is 1.20 bits per heavy atom. The summed E-state index contributed by atoms with van der Waals surface area (Å²) in [4.78, 5) is 6.41. The average molecular weight is 269 g/mol. The zero-order chi connectivity index (χ0) is 9.97. The van der Waals surface area contributed by atoms with Gasteiger partial charge in [-0.2, -0.15) is 0 Å². The Balaban J connectivity index is 0.00000112. The highest BCUT2D eigenvalue weighted by atomic mass is 35.5. The Morgan fingerprint density at radius 3 is 2.47 bits per heavy atom. The number of rotatable bonds is 1. The fraction of sp³-hybridized carbons (Fsp3) is 0.444. The fourth-order valence-corrected chi connectivity index (χ4v) is 1.97. The van der Waals surface area contributed by atoms with Crippen molar-refractivity contribution in [1.29, 1.82) is 0 Å². The molecule has 0 aliphatic carbocycles. The zero-order valence-electron chi connectivity index (χ0n) is 8.04. The summed E-state index contributed by atoms with van der Waals surface area (Å²) < 4.78 is 0. The van der Waals surface area contributed by atoms with Crippen LogP contribution in [0.25, 0.3) is 0 Å². The summed E-state index contributed by atoms with van der Waals surface area (Å²) in [5, 5.41) is 4.37. The smallest absolute Gasteiger partial charge is 0.132 e. The summed E-state index contributed by atoms with van der Waals surface area (Å²) >= 11 is 11.7. The van der Waals surface area contributed by atoms with E-state index < -0.39 is 0 Å². The summed E-state index contributed by atoms with van der Waals surface area (Å²) in [5.74, 6) is 0.865. The van der Waals surface area contributed by atoms with Crippen LogP contribution in [0, 0.1) is 0 Å². The molecule has 0 aromatic carbocycles. The Kier molecular flexibility index (Phi) is 4.93. The molecule has 0 unspecified atom stereocenters. The lowest BCUT2D eigenvalue weighted by molar-refractivity contribution is 0.585. The number of nitrogens with zero attached hydrogens (tertiary/aromatic N) is 2. The summed E-state index contributed by atoms with van der Waals surface area (Å²) in [5.41, 5.74) is 0. The molecule has 1 saturated heterocycles. The van der Waals surface area contributed by atoms with Crippen molar-refractivity contribution in [3.05, 3.63) is 22.3 Å². The number of nitrogens with one attached hydrogen (secondary N) is 1. The van der Waals surface area contributed by atoms with E-state index in [0.29, 0.717) is 10.2 Å². The van der Waals surface area contributed by atoms with E-state index >= 15 is 0 Å². The van der Waals surface area contributed by atoms with Gasteiger partial charge in [-0.25, -0.2) is 4.98 Å². The number of hydrogen-bond donors (Lipinski definition) is 1. The van der Waals surface area contributed by atoms with Gasteiger partial charge in [0.1, 0.15) is 11.0 Å². The van der Waals surface area contributed by atoms with Crippen molar-refractivity contribution in [1.82, 2.24) is 10.3 Å². The SMILES string of the molecule is Cl.Clc1cc(Cl)nc(N2CCNCC2)c1. The third kappa shape index (κ3) is 3.38. The monoisotopic (exact) mass is 267 g/mol. The van der Waals surface area contributed by atoms with Gasteiger partial charge in [0.25, 0.3) is 0 Å². The van der Waals surface area contributed by atoms with Gasteiger partial charge >= 0.3 is 0 Å². The highest BCUT2D eigenvalue weighted by Gasteiger charge is 2.12. The van der Waals surface area contributed by atoms with Crippen molar-refractivity contribution in [2.75, 3.05) is 31.1 Å². The normalized spacial score (nSPS) is 16.0. The molecule has 2 heterocycles. The summed E-state index contributed by atoms with van der Waals surface area (Å²) in [6.07, 6.45) is 0. The lowest BCUT2D eigenvalue weighted by Crippen LogP contribution is -2.43. The zero-order valence-corrected chi connectivity index (χ0v) is 10.4. The van der Waals surface area contributed by atoms with Gasteiger partial charge in [-0.3, -0.25) is 0 Å². The predicted molar refractivity (Wildman–Crippen MR) is 66.6 cm³/mol. The molecule has 1 fully saturated rings. The van der Waals surface area contributed by atoms with E-state index in [9.17, 15) is 0 Å². The van der Waals surface area contributed by atoms with Gasteiger partial charge < -0.3 is 10.2 Å². The van der Waals surface area contributed by atoms with E-state index in [1.165, 1.54) is 0 Å². The van der Waals surface area contributed by atoms with E-state index in [-0.39, 0.29) is 12.4 Å². The molecule has 1 aromatic rings. The first-order valence-electron chi connectivity index (χ1n) is 4.54. The molecule has 0 radical (unpaired) electrons. The molecule has 1 aliphatic heterocycles. The van der Waals surface area contributed by atoms with E-state index in [0.717, 1.165) is 32.0 Å². The molecule has 0 spiro atoms. The van der Waals surface area contributed by atoms with Crippen LogP contribution in [-0.4, -0.2) is 31.2 Å². The molecule has 1 aliphatic rings. The second-order valence-corrected chi connectivity index (χ2v) is 4.03. The van der Waals surface area contributed by atoms with Crippen LogP contribution < -0.4 is 10.2 Å². The third-order valence-electron chi connectivity index (χ3n) is 2.19. The molecule has 1 aromatic heterocycles. The number of hydrogen-bond acceptors (Lipinski definition) is 3. The topological polar surface area (TPSA) is 28.2 Å². The molecule has 0 bridgehead atoms. The first-order chi connectivity index (χ1) is 6.75. The van der Waals surface area contributed by atoms with Crippen LogP contribution in [0.1, 0.15) is 0 Å². The Hall–Kier alpha value is -0.220. The number of anilines is 1. The summed E-state index contributed by atoms with van der Waals surface area (Å²) in [6, 6.07) is 3.49. The van der Waals surface area contributed by atoms with Gasteiger partial charge in [-0.05, 0) is 12.1 Å². The lowest BCUT2D eigenvalue weighted by Gasteiger charge is -2.28. The van der Waals surface area contributed by atoms with E-state index in [1.807, 2.05) is 6.07 Å². The maximum atomic E-state index is 5.90. The molecule has 0 amide bonds. The van der Waals surface area contributed by atoms with Gasteiger partial charge in [-0.15, -0.1) is 12.4 Å². The van der Waals surface area contributed by atoms with Gasteiger partial charge in [0.2, 0.25) is 0 Å². The maximum Gasteiger partial charge on any atom is 0.132 e. The van der Waals surface area contributed by atoms with Crippen LogP contribution in [0.4, 0.5) is 5.82 Å². The van der Waals surface area contributed by atoms with Crippen LogP contribution in [0.5, 0.6) is 0 Å². The molecule has 3 nitrogen and oxygen atoms in total. The minimum Gasteiger partial charge on any atom is -0.354 e. The van der Waals surface area contributed by atoms with Crippen molar-refractivity contribution in [3.63, 3.8) is 0 Å². The van der Waals surface area contributed by atoms with Crippen LogP contribution in [0.2, 0.25) is 10.2 Å². The van der Waals surface area contributed by atoms with Crippen LogP contribution in [-0.2, 0) is 0 Å². The fourth-order valence-electron chi connectivity index (χ4n) is 1.51. The van der Waals surface area contributed by atoms with Gasteiger partial charge in [0.05, 0.1) is 0 Å². The predicted octanol–water partition coefficient (Wildman–Crippen LogP) is 2.22. The van der Waals surface area contributed by atoms with Crippen LogP contribution in [0.15, 0.2) is 12.1 Å². The van der Waals surface area contributed by atoms with Gasteiger partial charge in [0, 0.05) is 31.2 Å². The van der Waals surface area contributed by atoms with E-state index in [2.05, 4.69) is 15.2 Å². The van der Waals surface area contributed by atoms with E-state index in [1.54, 1.807) is 6.07 Å². The Labute approximate surface area is 105 Å². The molecular formula is C9H12Cl3N3. The standard InChI is InChI=1S/C9H11Cl2N3.ClH/c10-7-5-8(11)13-9(6-7)14-3-1-12-2-4-14;/h5-6,12H,1-4H2;1H. The Bertz CT molecular complexity index is 306. The molecule has 2 rings (SSSR count). The van der Waals surface area contributed by atoms with Gasteiger partial charge in [0.15, 0.2) is 0 Å². The van der Waals surface area contributed by atoms with Gasteiger partial charge in [-0.1, -0.05) is 23.2 Å². The van der Waals surface area contributed by atoms with Crippen molar-refractivity contribution >= 4 is 41.4 Å². The quantitative estimate of drug-likeness (QED) is 0.792. The minimum atomic E-state index is 0. The maximum absolute atomic E-state index is 5.90. The van der Waals surface area contributed by atoms with Crippen molar-refractivity contribution < 1.29 is 0 Å². The summed E-state index contributed by atoms with van der Waals surface area (Å²) in [6.45, 7) is 3.85. The molecule has 6 heteroatoms. The minimum absolute atomic E-state index is 0. The number of aromatic nitrogens is 1. The van der Waals surface area contributed by atoms with Crippen molar-refractivity contribution in [3.8, 4) is 0 Å². The molecule has 1 N–H and O–H groups in total. The first kappa shape index (κ1) is 12.8. The molecule has 15 heavy (non-hydrogen) atoms. The highest BCUT2D eigenvalue weighted by molar-refractivity contribution is 6.34. The largest absolute Gasteiger partial charge is 0.354 e. The van der Waals surface area contributed by atoms with Crippen LogP contribution in [0.3, 0.4) is 0 Å². The number of halogens is 3.